The molecule has 0 unspecified atom stereocenters. The van der Waals surface area contributed by atoms with Gasteiger partial charge in [-0.05, 0) is 50.3 Å². The number of ketones is 1. The topological polar surface area (TPSA) is 114 Å². The second-order valence-corrected chi connectivity index (χ2v) is 6.26. The normalized spacial score (nSPS) is 13.1. The van der Waals surface area contributed by atoms with Crippen molar-refractivity contribution in [1.29, 1.82) is 0 Å². The molecule has 30 heavy (non-hydrogen) atoms. The first-order valence-electron chi connectivity index (χ1n) is 9.13. The molecule has 1 atom stereocenters. The van der Waals surface area contributed by atoms with E-state index in [1.54, 1.807) is 24.3 Å². The van der Waals surface area contributed by atoms with Gasteiger partial charge in [-0.15, -0.1) is 0 Å². The van der Waals surface area contributed by atoms with E-state index in [-0.39, 0.29) is 29.6 Å². The van der Waals surface area contributed by atoms with Gasteiger partial charge >= 0.3 is 5.97 Å². The number of nitro groups is 1. The summed E-state index contributed by atoms with van der Waals surface area (Å²) in [4.78, 5) is 35.2. The molecule has 1 heterocycles. The Morgan fingerprint density at radius 3 is 2.50 bits per heavy atom. The Hall–Kier alpha value is -3.88. The highest BCUT2D eigenvalue weighted by atomic mass is 16.7. The van der Waals surface area contributed by atoms with Crippen LogP contribution in [0.1, 0.15) is 29.8 Å². The van der Waals surface area contributed by atoms with Gasteiger partial charge in [0, 0.05) is 11.6 Å². The second-order valence-electron chi connectivity index (χ2n) is 6.26. The number of esters is 1. The minimum absolute atomic E-state index is 0.0348. The molecule has 0 aliphatic carbocycles. The molecule has 9 nitrogen and oxygen atoms in total. The molecule has 1 aliphatic rings. The highest BCUT2D eigenvalue weighted by Crippen LogP contribution is 2.38. The minimum atomic E-state index is -1.04. The lowest BCUT2D eigenvalue weighted by atomic mass is 10.1. The molecule has 0 spiro atoms. The first kappa shape index (κ1) is 20.8. The number of carbonyl (C=O) groups is 2. The van der Waals surface area contributed by atoms with E-state index in [2.05, 4.69) is 0 Å². The van der Waals surface area contributed by atoms with E-state index in [9.17, 15) is 19.7 Å². The van der Waals surface area contributed by atoms with Crippen molar-refractivity contribution in [2.24, 2.45) is 0 Å². The minimum Gasteiger partial charge on any atom is -0.494 e. The average Bonchev–Trinajstić information content (AvgIpc) is 3.19. The van der Waals surface area contributed by atoms with E-state index in [0.717, 1.165) is 6.08 Å². The highest BCUT2D eigenvalue weighted by molar-refractivity contribution is 6.01. The summed E-state index contributed by atoms with van der Waals surface area (Å²) in [6, 6.07) is 9.12. The van der Waals surface area contributed by atoms with Gasteiger partial charge in [-0.3, -0.25) is 14.9 Å². The fourth-order valence-electron chi connectivity index (χ4n) is 2.78. The Labute approximate surface area is 172 Å². The van der Waals surface area contributed by atoms with E-state index in [1.807, 2.05) is 6.92 Å². The Balaban J connectivity index is 1.67. The zero-order chi connectivity index (χ0) is 21.7. The number of ether oxygens (including phenoxy) is 4. The molecule has 0 fully saturated rings. The van der Waals surface area contributed by atoms with Gasteiger partial charge in [0.2, 0.25) is 12.6 Å². The zero-order valence-electron chi connectivity index (χ0n) is 16.3. The number of Topliss-reactive ketones (excluding diaryl/α,β-unsaturated/α-hetero) is 1. The van der Waals surface area contributed by atoms with Crippen molar-refractivity contribution in [3.05, 3.63) is 63.7 Å². The van der Waals surface area contributed by atoms with Crippen molar-refractivity contribution in [3.8, 4) is 17.2 Å². The van der Waals surface area contributed by atoms with E-state index in [0.29, 0.717) is 23.7 Å². The van der Waals surface area contributed by atoms with Crippen LogP contribution in [0.5, 0.6) is 17.2 Å². The second kappa shape index (κ2) is 9.08. The van der Waals surface area contributed by atoms with Gasteiger partial charge in [-0.2, -0.15) is 0 Å². The van der Waals surface area contributed by atoms with Gasteiger partial charge in [-0.25, -0.2) is 4.79 Å². The third-order valence-electron chi connectivity index (χ3n) is 4.23. The maximum absolute atomic E-state index is 12.4. The summed E-state index contributed by atoms with van der Waals surface area (Å²) in [6.45, 7) is 3.78. The molecule has 0 saturated carbocycles. The van der Waals surface area contributed by atoms with Crippen LogP contribution in [0.15, 0.2) is 42.5 Å². The molecular formula is C21H19NO8. The van der Waals surface area contributed by atoms with Crippen LogP contribution < -0.4 is 14.2 Å². The Morgan fingerprint density at radius 1 is 1.20 bits per heavy atom. The van der Waals surface area contributed by atoms with Crippen molar-refractivity contribution in [2.75, 3.05) is 13.4 Å². The lowest BCUT2D eigenvalue weighted by Gasteiger charge is -2.11. The van der Waals surface area contributed by atoms with Crippen LogP contribution in [-0.4, -0.2) is 36.2 Å². The van der Waals surface area contributed by atoms with Gasteiger partial charge in [-0.1, -0.05) is 0 Å². The molecular weight excluding hydrogens is 394 g/mol. The van der Waals surface area contributed by atoms with E-state index >= 15 is 0 Å². The number of hydrogen-bond acceptors (Lipinski definition) is 8. The Bertz CT molecular complexity index is 997. The molecule has 0 radical (unpaired) electrons. The van der Waals surface area contributed by atoms with E-state index in [4.69, 9.17) is 18.9 Å². The fraction of sp³-hybridized carbons (Fsp3) is 0.238. The highest BCUT2D eigenvalue weighted by Gasteiger charge is 2.23. The number of hydrogen-bond donors (Lipinski definition) is 0. The van der Waals surface area contributed by atoms with Crippen LogP contribution >= 0.6 is 0 Å². The number of carbonyl (C=O) groups excluding carboxylic acids is 2. The molecule has 0 amide bonds. The van der Waals surface area contributed by atoms with Gasteiger partial charge in [0.15, 0.2) is 17.6 Å². The van der Waals surface area contributed by atoms with Gasteiger partial charge in [0.25, 0.3) is 5.69 Å². The van der Waals surface area contributed by atoms with Crippen LogP contribution in [0.25, 0.3) is 6.08 Å². The van der Waals surface area contributed by atoms with Crippen LogP contribution in [-0.2, 0) is 9.53 Å². The molecule has 0 aromatic heterocycles. The molecule has 9 heteroatoms. The monoisotopic (exact) mass is 413 g/mol. The molecule has 156 valence electrons. The molecule has 2 aromatic rings. The number of nitrogens with zero attached hydrogens (tertiary/aromatic N) is 1. The third-order valence-corrected chi connectivity index (χ3v) is 4.23. The average molecular weight is 413 g/mol. The number of rotatable bonds is 8. The van der Waals surface area contributed by atoms with Crippen molar-refractivity contribution < 1.29 is 33.5 Å². The van der Waals surface area contributed by atoms with Crippen LogP contribution in [0.4, 0.5) is 5.69 Å². The summed E-state index contributed by atoms with van der Waals surface area (Å²) in [6.07, 6.45) is 1.22. The largest absolute Gasteiger partial charge is 0.494 e. The Morgan fingerprint density at radius 2 is 1.87 bits per heavy atom. The maximum atomic E-state index is 12.4. The molecule has 0 bridgehead atoms. The van der Waals surface area contributed by atoms with Crippen molar-refractivity contribution in [3.63, 3.8) is 0 Å². The fourth-order valence-corrected chi connectivity index (χ4v) is 2.78. The molecule has 2 aromatic carbocycles. The summed E-state index contributed by atoms with van der Waals surface area (Å²) >= 11 is 0. The van der Waals surface area contributed by atoms with Crippen molar-refractivity contribution in [2.45, 2.75) is 20.0 Å². The van der Waals surface area contributed by atoms with Crippen molar-refractivity contribution in [1.82, 2.24) is 0 Å². The summed E-state index contributed by atoms with van der Waals surface area (Å²) in [7, 11) is 0. The molecule has 3 rings (SSSR count). The standard InChI is InChI=1S/C21H19NO8/c1-3-27-16-7-4-14(5-8-16)21(24)13(2)30-20(23)9-6-15-10-18-19(29-12-28-18)11-17(15)22(25)26/h4-11,13H,3,12H2,1-2H3/b9-6+/t13-/m1/s1. The quantitative estimate of drug-likeness (QED) is 0.212. The van der Waals surface area contributed by atoms with Gasteiger partial charge in [0.1, 0.15) is 5.75 Å². The number of benzene rings is 2. The van der Waals surface area contributed by atoms with Crippen LogP contribution in [0, 0.1) is 10.1 Å². The predicted octanol–water partition coefficient (Wildman–Crippen LogP) is 3.55. The SMILES string of the molecule is CCOc1ccc(C(=O)[C@@H](C)OC(=O)/C=C/c2cc3c(cc2[N+](=O)[O-])OCO3)cc1. The lowest BCUT2D eigenvalue weighted by molar-refractivity contribution is -0.385. The number of nitro benzene ring substituents is 1. The third kappa shape index (κ3) is 4.75. The van der Waals surface area contributed by atoms with E-state index < -0.39 is 17.0 Å². The number of fused-ring (bicyclic) bond motifs is 1. The summed E-state index contributed by atoms with van der Waals surface area (Å²) < 4.78 is 20.8. The summed E-state index contributed by atoms with van der Waals surface area (Å²) in [5.74, 6) is 0.0400. The van der Waals surface area contributed by atoms with Crippen LogP contribution in [0.2, 0.25) is 0 Å². The maximum Gasteiger partial charge on any atom is 0.331 e. The summed E-state index contributed by atoms with van der Waals surface area (Å²) in [5, 5.41) is 11.3. The zero-order valence-corrected chi connectivity index (χ0v) is 16.3. The smallest absolute Gasteiger partial charge is 0.331 e. The first-order chi connectivity index (χ1) is 14.4. The van der Waals surface area contributed by atoms with E-state index in [1.165, 1.54) is 25.1 Å². The predicted molar refractivity (Wildman–Crippen MR) is 106 cm³/mol. The Kier molecular flexibility index (Phi) is 6.31. The molecule has 0 saturated heterocycles. The van der Waals surface area contributed by atoms with Crippen LogP contribution in [0.3, 0.4) is 0 Å². The molecule has 1 aliphatic heterocycles. The lowest BCUT2D eigenvalue weighted by Crippen LogP contribution is -2.23. The van der Waals surface area contributed by atoms with Gasteiger partial charge in [0.05, 0.1) is 23.2 Å². The molecule has 0 N–H and O–H groups in total. The first-order valence-corrected chi connectivity index (χ1v) is 9.13. The van der Waals surface area contributed by atoms with Gasteiger partial charge < -0.3 is 18.9 Å². The van der Waals surface area contributed by atoms with Crippen molar-refractivity contribution >= 4 is 23.5 Å². The summed E-state index contributed by atoms with van der Waals surface area (Å²) in [5.41, 5.74) is 0.266.